The molecule has 0 N–H and O–H groups in total. The molecular weight excluding hydrogens is 1030 g/mol. The summed E-state index contributed by atoms with van der Waals surface area (Å²) in [7, 11) is 12.8. The molecule has 3 aromatic carbocycles. The maximum atomic E-state index is 12.6. The molecule has 0 saturated carbocycles. The maximum Gasteiger partial charge on any atom is 0.216 e. The van der Waals surface area contributed by atoms with Crippen molar-refractivity contribution in [1.82, 2.24) is 39.9 Å². The lowest BCUT2D eigenvalue weighted by molar-refractivity contribution is 0.386. The van der Waals surface area contributed by atoms with Crippen LogP contribution in [0.25, 0.3) is 0 Å². The number of hydrogen-bond acceptors (Lipinski definition) is 16. The van der Waals surface area contributed by atoms with Crippen molar-refractivity contribution in [2.75, 3.05) is 56.9 Å². The molecule has 81 heavy (non-hydrogen) atoms. The number of aryl methyl sites for hydroxylation is 9. The SMILES string of the molecule is COc1cc(C)ccc1F.COc1cc(C)ccn1.COc1cc(C)ncn1.COc1cccc(C)c1.COc1cccc(C)n1.COc1ccnc(C)c1.COc1ccnc(C)n1.COc1cncc(C)c1.Cc1ccc(F)cc1. The van der Waals surface area contributed by atoms with Crippen LogP contribution in [0.3, 0.4) is 0 Å². The van der Waals surface area contributed by atoms with Crippen LogP contribution in [0.5, 0.6) is 46.5 Å². The molecule has 18 heteroatoms. The number of benzene rings is 3. The van der Waals surface area contributed by atoms with Crippen molar-refractivity contribution in [1.29, 1.82) is 0 Å². The molecule has 6 aromatic heterocycles. The lowest BCUT2D eigenvalue weighted by atomic mass is 10.2. The van der Waals surface area contributed by atoms with E-state index < -0.39 is 0 Å². The summed E-state index contributed by atoms with van der Waals surface area (Å²) < 4.78 is 63.8. The maximum absolute atomic E-state index is 12.6. The fourth-order valence-electron chi connectivity index (χ4n) is 5.67. The molecule has 0 amide bonds. The molecule has 6 heterocycles. The van der Waals surface area contributed by atoms with E-state index in [0.717, 1.165) is 56.8 Å². The third kappa shape index (κ3) is 33.6. The second-order valence-corrected chi connectivity index (χ2v) is 16.7. The standard InChI is InChI=1S/C8H9FO.C8H10O.C7H7F.4C7H9NO.2C6H8N2O/c1-6-3-4-7(9)8(5-6)10-2;1-7-4-3-5-8(6-7)9-2;1-6-2-4-7(8)5-3-6;1-6-3-7(9-2)5-8-4-6;1-6-5-7(9-2)3-4-8-6;1-6-3-4-8-7(5-6)9-2;1-6-4-3-5-7(8-6)9-2;1-5-3-6(9-2)8-4-7-5;1-5-7-4-3-6(8-5)9-2/h3-5H,1-2H3;3-6H,1-2H3;2-5H,1H3;4*3-5H,1-2H3;2*3-4H,1-2H3. The van der Waals surface area contributed by atoms with Gasteiger partial charge in [-0.15, -0.1) is 0 Å². The number of aromatic nitrogens is 8. The van der Waals surface area contributed by atoms with Gasteiger partial charge in [0.2, 0.25) is 23.5 Å². The minimum Gasteiger partial charge on any atom is -0.497 e. The highest BCUT2D eigenvalue weighted by atomic mass is 19.1. The largest absolute Gasteiger partial charge is 0.497 e. The molecule has 9 aromatic rings. The Morgan fingerprint density at radius 1 is 0.333 bits per heavy atom. The van der Waals surface area contributed by atoms with Gasteiger partial charge in [-0.25, -0.2) is 33.7 Å². The fourth-order valence-corrected chi connectivity index (χ4v) is 5.67. The number of ether oxygens (including phenoxy) is 8. The van der Waals surface area contributed by atoms with E-state index in [4.69, 9.17) is 37.9 Å². The summed E-state index contributed by atoms with van der Waals surface area (Å²) in [5.74, 6) is 5.74. The summed E-state index contributed by atoms with van der Waals surface area (Å²) in [6.07, 6.45) is 10.1. The van der Waals surface area contributed by atoms with Crippen LogP contribution in [0.1, 0.15) is 50.7 Å². The molecule has 0 radical (unpaired) electrons. The van der Waals surface area contributed by atoms with Gasteiger partial charge in [-0.3, -0.25) is 9.97 Å². The van der Waals surface area contributed by atoms with E-state index in [0.29, 0.717) is 29.3 Å². The molecule has 0 saturated heterocycles. The minimum absolute atomic E-state index is 0.171. The first kappa shape index (κ1) is 69.7. The predicted molar refractivity (Wildman–Crippen MR) is 315 cm³/mol. The van der Waals surface area contributed by atoms with Gasteiger partial charge in [0.25, 0.3) is 0 Å². The average molecular weight is 1110 g/mol. The van der Waals surface area contributed by atoms with Crippen LogP contribution in [0.4, 0.5) is 8.78 Å². The molecule has 0 atom stereocenters. The summed E-state index contributed by atoms with van der Waals surface area (Å²) in [6.45, 7) is 17.4. The van der Waals surface area contributed by atoms with Crippen molar-refractivity contribution in [3.63, 3.8) is 0 Å². The number of hydrogen-bond donors (Lipinski definition) is 0. The van der Waals surface area contributed by atoms with E-state index in [1.54, 1.807) is 117 Å². The van der Waals surface area contributed by atoms with Crippen molar-refractivity contribution in [3.8, 4) is 46.5 Å². The highest BCUT2D eigenvalue weighted by molar-refractivity contribution is 5.30. The second-order valence-electron chi connectivity index (χ2n) is 16.7. The van der Waals surface area contributed by atoms with Crippen LogP contribution in [0, 0.1) is 73.9 Å². The Morgan fingerprint density at radius 2 is 0.877 bits per heavy atom. The highest BCUT2D eigenvalue weighted by Crippen LogP contribution is 2.17. The smallest absolute Gasteiger partial charge is 0.216 e. The van der Waals surface area contributed by atoms with E-state index in [1.165, 1.54) is 42.8 Å². The van der Waals surface area contributed by atoms with Crippen LogP contribution in [0.2, 0.25) is 0 Å². The Hall–Kier alpha value is -9.32. The van der Waals surface area contributed by atoms with Crippen molar-refractivity contribution < 1.29 is 46.7 Å². The topological polar surface area (TPSA) is 177 Å². The van der Waals surface area contributed by atoms with Gasteiger partial charge in [-0.05, 0) is 145 Å². The zero-order valence-electron chi connectivity index (χ0n) is 49.7. The average Bonchev–Trinajstić information content (AvgIpc) is 3.48. The van der Waals surface area contributed by atoms with E-state index in [-0.39, 0.29) is 11.6 Å². The quantitative estimate of drug-likeness (QED) is 0.140. The Bertz CT molecular complexity index is 2640. The van der Waals surface area contributed by atoms with Crippen LogP contribution in [-0.2, 0) is 0 Å². The van der Waals surface area contributed by atoms with Gasteiger partial charge in [-0.2, -0.15) is 4.98 Å². The molecule has 0 bridgehead atoms. The van der Waals surface area contributed by atoms with Crippen molar-refractivity contribution in [3.05, 3.63) is 227 Å². The van der Waals surface area contributed by atoms with E-state index >= 15 is 0 Å². The number of pyridine rings is 4. The number of nitrogens with zero attached hydrogens (tertiary/aromatic N) is 8. The Morgan fingerprint density at radius 3 is 1.32 bits per heavy atom. The Kier molecular flexibility index (Phi) is 35.9. The fraction of sp³-hybridized carbons (Fsp3) is 0.270. The first-order valence-corrected chi connectivity index (χ1v) is 25.0. The normalized spacial score (nSPS) is 9.17. The first-order chi connectivity index (χ1) is 38.8. The van der Waals surface area contributed by atoms with Gasteiger partial charge in [-0.1, -0.05) is 42.0 Å². The molecule has 0 spiro atoms. The van der Waals surface area contributed by atoms with Crippen LogP contribution < -0.4 is 37.9 Å². The van der Waals surface area contributed by atoms with E-state index in [2.05, 4.69) is 39.9 Å². The van der Waals surface area contributed by atoms with Crippen LogP contribution in [-0.4, -0.2) is 96.8 Å². The lowest BCUT2D eigenvalue weighted by Gasteiger charge is -2.00. The third-order valence-electron chi connectivity index (χ3n) is 9.85. The second kappa shape index (κ2) is 41.7. The molecule has 0 unspecified atom stereocenters. The third-order valence-corrected chi connectivity index (χ3v) is 9.85. The zero-order valence-corrected chi connectivity index (χ0v) is 49.7. The van der Waals surface area contributed by atoms with Crippen molar-refractivity contribution in [2.45, 2.75) is 62.3 Å². The van der Waals surface area contributed by atoms with Crippen molar-refractivity contribution >= 4 is 0 Å². The zero-order chi connectivity index (χ0) is 60.4. The van der Waals surface area contributed by atoms with Gasteiger partial charge in [0.15, 0.2) is 11.6 Å². The summed E-state index contributed by atoms with van der Waals surface area (Å²) in [5, 5.41) is 0. The lowest BCUT2D eigenvalue weighted by Crippen LogP contribution is -1.90. The molecule has 0 aliphatic carbocycles. The number of methoxy groups -OCH3 is 8. The molecular formula is C63H78F2N8O8. The van der Waals surface area contributed by atoms with Gasteiger partial charge in [0, 0.05) is 72.2 Å². The Labute approximate surface area is 477 Å². The highest BCUT2D eigenvalue weighted by Gasteiger charge is 1.99. The molecule has 16 nitrogen and oxygen atoms in total. The molecule has 0 aliphatic heterocycles. The predicted octanol–water partition coefficient (Wildman–Crippen LogP) is 13.5. The van der Waals surface area contributed by atoms with Crippen LogP contribution in [0.15, 0.2) is 165 Å². The van der Waals surface area contributed by atoms with E-state index in [1.807, 2.05) is 135 Å². The van der Waals surface area contributed by atoms with Crippen molar-refractivity contribution in [2.24, 2.45) is 0 Å². The molecule has 0 aliphatic rings. The minimum atomic E-state index is -0.312. The first-order valence-electron chi connectivity index (χ1n) is 25.0. The summed E-state index contributed by atoms with van der Waals surface area (Å²) in [4.78, 5) is 31.5. The van der Waals surface area contributed by atoms with Gasteiger partial charge < -0.3 is 37.9 Å². The molecule has 432 valence electrons. The van der Waals surface area contributed by atoms with Gasteiger partial charge in [0.05, 0.1) is 63.1 Å². The van der Waals surface area contributed by atoms with Gasteiger partial charge >= 0.3 is 0 Å². The molecule has 0 fully saturated rings. The van der Waals surface area contributed by atoms with Gasteiger partial charge in [0.1, 0.15) is 35.2 Å². The summed E-state index contributed by atoms with van der Waals surface area (Å²) >= 11 is 0. The number of rotatable bonds is 8. The summed E-state index contributed by atoms with van der Waals surface area (Å²) in [5.41, 5.74) is 8.49. The monoisotopic (exact) mass is 1110 g/mol. The van der Waals surface area contributed by atoms with E-state index in [9.17, 15) is 8.78 Å². The summed E-state index contributed by atoms with van der Waals surface area (Å²) in [6, 6.07) is 37.8. The Balaban J connectivity index is 0.000000456. The molecule has 9 rings (SSSR count). The van der Waals surface area contributed by atoms with Crippen LogP contribution >= 0.6 is 0 Å². The number of halogens is 2.